The highest BCUT2D eigenvalue weighted by Crippen LogP contribution is 2.15. The lowest BCUT2D eigenvalue weighted by atomic mass is 10.0. The Hall–Kier alpha value is -2.89. The first kappa shape index (κ1) is 57.1. The molecule has 1 unspecified atom stereocenters. The Bertz CT molecular complexity index is 1100. The molecule has 0 amide bonds. The predicted molar refractivity (Wildman–Crippen MR) is 256 cm³/mol. The third-order valence-electron chi connectivity index (χ3n) is 10.8. The molecule has 0 heterocycles. The van der Waals surface area contributed by atoms with Crippen molar-refractivity contribution < 1.29 is 28.6 Å². The normalized spacial score (nSPS) is 12.5. The molecular formula is C54H94O6. The van der Waals surface area contributed by atoms with Crippen molar-refractivity contribution in [2.24, 2.45) is 0 Å². The van der Waals surface area contributed by atoms with E-state index in [0.29, 0.717) is 19.3 Å². The van der Waals surface area contributed by atoms with Crippen LogP contribution in [0.3, 0.4) is 0 Å². The second-order valence-corrected chi connectivity index (χ2v) is 16.8. The summed E-state index contributed by atoms with van der Waals surface area (Å²) in [5.41, 5.74) is 0. The van der Waals surface area contributed by atoms with E-state index in [-0.39, 0.29) is 31.1 Å². The van der Waals surface area contributed by atoms with Gasteiger partial charge in [-0.25, -0.2) is 0 Å². The van der Waals surface area contributed by atoms with E-state index in [2.05, 4.69) is 81.5 Å². The standard InChI is InChI=1S/C54H94O6/c1-4-7-10-13-16-19-22-25-26-27-30-32-35-38-41-44-47-53(56)59-50-51(60-54(57)48-45-42-39-36-33-29-24-21-18-15-12-9-6-3)49-58-52(55)46-43-40-37-34-31-28-23-20-17-14-11-8-5-2/h9,12,15,18,21,24,26-27,30,32,51H,4-8,10-11,13-14,16-17,19-20,22-23,25,28-29,31,33-50H2,1-3H3/b12-9+,18-15+,24-21+,27-26+,32-30+. The molecule has 0 aromatic rings. The smallest absolute Gasteiger partial charge is 0.306 e. The molecule has 0 rings (SSSR count). The summed E-state index contributed by atoms with van der Waals surface area (Å²) in [5.74, 6) is -0.934. The zero-order chi connectivity index (χ0) is 43.7. The SMILES string of the molecule is CC/C=C/C=C/C=C/CCCCCCCC(=O)OC(COC(=O)CCCCC/C=C/C=C/CCCCCCCCC)COC(=O)CCCCCCCCCCCCCCC. The Morgan fingerprint density at radius 1 is 0.350 bits per heavy atom. The van der Waals surface area contributed by atoms with Crippen molar-refractivity contribution >= 4 is 17.9 Å². The van der Waals surface area contributed by atoms with Crippen LogP contribution < -0.4 is 0 Å². The summed E-state index contributed by atoms with van der Waals surface area (Å²) in [7, 11) is 0. The summed E-state index contributed by atoms with van der Waals surface area (Å²) in [6.45, 7) is 6.46. The Balaban J connectivity index is 4.43. The van der Waals surface area contributed by atoms with E-state index in [9.17, 15) is 14.4 Å². The third kappa shape index (κ3) is 46.2. The van der Waals surface area contributed by atoms with Gasteiger partial charge in [0.15, 0.2) is 6.10 Å². The van der Waals surface area contributed by atoms with E-state index in [1.165, 1.54) is 109 Å². The summed E-state index contributed by atoms with van der Waals surface area (Å²) in [6, 6.07) is 0. The van der Waals surface area contributed by atoms with Crippen LogP contribution in [0.4, 0.5) is 0 Å². The molecule has 0 bridgehead atoms. The second kappa shape index (κ2) is 48.8. The summed E-state index contributed by atoms with van der Waals surface area (Å²) < 4.78 is 16.7. The number of carbonyl (C=O) groups is 3. The number of hydrogen-bond acceptors (Lipinski definition) is 6. The number of carbonyl (C=O) groups excluding carboxylic acids is 3. The number of hydrogen-bond donors (Lipinski definition) is 0. The first-order valence-corrected chi connectivity index (χ1v) is 25.3. The summed E-state index contributed by atoms with van der Waals surface area (Å²) in [6.07, 6.45) is 59.2. The second-order valence-electron chi connectivity index (χ2n) is 16.8. The maximum absolute atomic E-state index is 12.8. The van der Waals surface area contributed by atoms with Gasteiger partial charge in [0.1, 0.15) is 13.2 Å². The summed E-state index contributed by atoms with van der Waals surface area (Å²) in [4.78, 5) is 37.9. The molecule has 6 heteroatoms. The Labute approximate surface area is 370 Å². The molecule has 0 fully saturated rings. The van der Waals surface area contributed by atoms with Gasteiger partial charge in [-0.05, 0) is 64.2 Å². The maximum Gasteiger partial charge on any atom is 0.306 e. The Morgan fingerprint density at radius 3 is 1.03 bits per heavy atom. The molecule has 0 saturated heterocycles. The lowest BCUT2D eigenvalue weighted by Crippen LogP contribution is -2.30. The maximum atomic E-state index is 12.8. The highest BCUT2D eigenvalue weighted by molar-refractivity contribution is 5.71. The van der Waals surface area contributed by atoms with Crippen molar-refractivity contribution in [2.45, 2.75) is 252 Å². The van der Waals surface area contributed by atoms with Crippen molar-refractivity contribution in [1.82, 2.24) is 0 Å². The fraction of sp³-hybridized carbons (Fsp3) is 0.759. The van der Waals surface area contributed by atoms with Crippen LogP contribution >= 0.6 is 0 Å². The molecule has 6 nitrogen and oxygen atoms in total. The van der Waals surface area contributed by atoms with Crippen molar-refractivity contribution in [3.05, 3.63) is 60.8 Å². The van der Waals surface area contributed by atoms with Crippen LogP contribution in [-0.4, -0.2) is 37.2 Å². The van der Waals surface area contributed by atoms with Crippen molar-refractivity contribution in [3.8, 4) is 0 Å². The zero-order valence-corrected chi connectivity index (χ0v) is 39.5. The van der Waals surface area contributed by atoms with Crippen LogP contribution in [-0.2, 0) is 28.6 Å². The van der Waals surface area contributed by atoms with Crippen molar-refractivity contribution in [1.29, 1.82) is 0 Å². The highest BCUT2D eigenvalue weighted by atomic mass is 16.6. The lowest BCUT2D eigenvalue weighted by molar-refractivity contribution is -0.167. The van der Waals surface area contributed by atoms with Gasteiger partial charge in [0, 0.05) is 19.3 Å². The molecule has 0 aliphatic carbocycles. The molecule has 0 spiro atoms. The van der Waals surface area contributed by atoms with Gasteiger partial charge in [-0.15, -0.1) is 0 Å². The van der Waals surface area contributed by atoms with E-state index < -0.39 is 6.10 Å². The number of ether oxygens (including phenoxy) is 3. The minimum Gasteiger partial charge on any atom is -0.462 e. The first-order chi connectivity index (χ1) is 29.5. The monoisotopic (exact) mass is 839 g/mol. The molecule has 0 saturated carbocycles. The van der Waals surface area contributed by atoms with Crippen LogP contribution in [0.15, 0.2) is 60.8 Å². The van der Waals surface area contributed by atoms with E-state index in [1.54, 1.807) is 0 Å². The van der Waals surface area contributed by atoms with E-state index in [0.717, 1.165) is 96.3 Å². The number of rotatable bonds is 45. The van der Waals surface area contributed by atoms with Crippen LogP contribution in [0.5, 0.6) is 0 Å². The van der Waals surface area contributed by atoms with Crippen LogP contribution in [0, 0.1) is 0 Å². The molecule has 1 atom stereocenters. The number of esters is 3. The fourth-order valence-corrected chi connectivity index (χ4v) is 7.02. The number of unbranched alkanes of at least 4 members (excludes halogenated alkanes) is 27. The van der Waals surface area contributed by atoms with Gasteiger partial charge >= 0.3 is 17.9 Å². The van der Waals surface area contributed by atoms with Crippen LogP contribution in [0.25, 0.3) is 0 Å². The highest BCUT2D eigenvalue weighted by Gasteiger charge is 2.19. The third-order valence-corrected chi connectivity index (χ3v) is 10.8. The molecule has 346 valence electrons. The average Bonchev–Trinajstić information content (AvgIpc) is 3.24. The van der Waals surface area contributed by atoms with Gasteiger partial charge in [0.05, 0.1) is 0 Å². The summed E-state index contributed by atoms with van der Waals surface area (Å²) in [5, 5.41) is 0. The van der Waals surface area contributed by atoms with Gasteiger partial charge in [-0.1, -0.05) is 223 Å². The van der Waals surface area contributed by atoms with Gasteiger partial charge in [-0.2, -0.15) is 0 Å². The van der Waals surface area contributed by atoms with E-state index in [1.807, 2.05) is 0 Å². The Morgan fingerprint density at radius 2 is 0.650 bits per heavy atom. The van der Waals surface area contributed by atoms with Gasteiger partial charge in [-0.3, -0.25) is 14.4 Å². The zero-order valence-electron chi connectivity index (χ0n) is 39.5. The molecule has 60 heavy (non-hydrogen) atoms. The molecule has 0 aliphatic rings. The molecule has 0 N–H and O–H groups in total. The average molecular weight is 839 g/mol. The van der Waals surface area contributed by atoms with E-state index in [4.69, 9.17) is 14.2 Å². The van der Waals surface area contributed by atoms with Crippen LogP contribution in [0.1, 0.15) is 245 Å². The molecule has 0 aromatic carbocycles. The quantitative estimate of drug-likeness (QED) is 0.0263. The predicted octanol–water partition coefficient (Wildman–Crippen LogP) is 16.5. The first-order valence-electron chi connectivity index (χ1n) is 25.3. The minimum atomic E-state index is -0.792. The van der Waals surface area contributed by atoms with Crippen molar-refractivity contribution in [2.75, 3.05) is 13.2 Å². The number of allylic oxidation sites excluding steroid dienone is 10. The van der Waals surface area contributed by atoms with Gasteiger partial charge < -0.3 is 14.2 Å². The van der Waals surface area contributed by atoms with Crippen LogP contribution in [0.2, 0.25) is 0 Å². The topological polar surface area (TPSA) is 78.9 Å². The van der Waals surface area contributed by atoms with Gasteiger partial charge in [0.2, 0.25) is 0 Å². The molecule has 0 aliphatic heterocycles. The molecular weight excluding hydrogens is 745 g/mol. The molecule has 0 aromatic heterocycles. The largest absolute Gasteiger partial charge is 0.462 e. The fourth-order valence-electron chi connectivity index (χ4n) is 7.02. The summed E-state index contributed by atoms with van der Waals surface area (Å²) >= 11 is 0. The minimum absolute atomic E-state index is 0.0896. The van der Waals surface area contributed by atoms with E-state index >= 15 is 0 Å². The molecule has 0 radical (unpaired) electrons. The Kier molecular flexibility index (Phi) is 46.4. The van der Waals surface area contributed by atoms with Gasteiger partial charge in [0.25, 0.3) is 0 Å². The van der Waals surface area contributed by atoms with Crippen molar-refractivity contribution in [3.63, 3.8) is 0 Å². The lowest BCUT2D eigenvalue weighted by Gasteiger charge is -2.18.